The molecule has 25 heavy (non-hydrogen) atoms. The van der Waals surface area contributed by atoms with Crippen molar-refractivity contribution < 1.29 is 9.13 Å². The zero-order valence-corrected chi connectivity index (χ0v) is 14.6. The molecule has 0 N–H and O–H groups in total. The number of hydrogen-bond donors (Lipinski definition) is 0. The lowest BCUT2D eigenvalue weighted by Crippen LogP contribution is -2.36. The SMILES string of the molecule is Cc1c(F)cccc1Cn1cnc(=O)c2sc(N3CCOCC3)nc21. The van der Waals surface area contributed by atoms with Gasteiger partial charge < -0.3 is 14.2 Å². The topological polar surface area (TPSA) is 60.2 Å². The summed E-state index contributed by atoms with van der Waals surface area (Å²) in [5, 5.41) is 0.799. The van der Waals surface area contributed by atoms with Crippen LogP contribution in [0.15, 0.2) is 29.3 Å². The molecule has 0 spiro atoms. The Balaban J connectivity index is 1.76. The fourth-order valence-corrected chi connectivity index (χ4v) is 3.90. The molecule has 130 valence electrons. The zero-order chi connectivity index (χ0) is 17.4. The normalized spacial score (nSPS) is 15.0. The first-order chi connectivity index (χ1) is 12.1. The zero-order valence-electron chi connectivity index (χ0n) is 13.7. The van der Waals surface area contributed by atoms with E-state index in [1.165, 1.54) is 23.7 Å². The number of benzene rings is 1. The average Bonchev–Trinajstić information content (AvgIpc) is 3.08. The van der Waals surface area contributed by atoms with Gasteiger partial charge in [-0.3, -0.25) is 4.79 Å². The Kier molecular flexibility index (Phi) is 4.22. The van der Waals surface area contributed by atoms with Crippen LogP contribution >= 0.6 is 11.3 Å². The van der Waals surface area contributed by atoms with Gasteiger partial charge in [0.15, 0.2) is 10.8 Å². The molecule has 0 radical (unpaired) electrons. The van der Waals surface area contributed by atoms with Crippen molar-refractivity contribution in [3.63, 3.8) is 0 Å². The molecule has 0 amide bonds. The first kappa shape index (κ1) is 16.2. The van der Waals surface area contributed by atoms with Gasteiger partial charge in [0.1, 0.15) is 16.8 Å². The summed E-state index contributed by atoms with van der Waals surface area (Å²) in [4.78, 5) is 22.9. The molecule has 0 saturated carbocycles. The standard InChI is InChI=1S/C17H17FN4O2S/c1-11-12(3-2-4-13(11)18)9-22-10-19-16(23)14-15(22)20-17(25-14)21-5-7-24-8-6-21/h2-4,10H,5-9H2,1H3. The smallest absolute Gasteiger partial charge is 0.292 e. The molecule has 4 rings (SSSR count). The predicted molar refractivity (Wildman–Crippen MR) is 94.9 cm³/mol. The highest BCUT2D eigenvalue weighted by Gasteiger charge is 2.18. The summed E-state index contributed by atoms with van der Waals surface area (Å²) < 4.78 is 21.5. The number of fused-ring (bicyclic) bond motifs is 1. The second-order valence-electron chi connectivity index (χ2n) is 5.95. The predicted octanol–water partition coefficient (Wildman–Crippen LogP) is 2.19. The van der Waals surface area contributed by atoms with Crippen molar-refractivity contribution in [2.24, 2.45) is 0 Å². The maximum atomic E-state index is 13.8. The van der Waals surface area contributed by atoms with Gasteiger partial charge in [-0.05, 0) is 24.1 Å². The van der Waals surface area contributed by atoms with Crippen LogP contribution in [-0.4, -0.2) is 40.8 Å². The van der Waals surface area contributed by atoms with E-state index in [1.54, 1.807) is 17.6 Å². The summed E-state index contributed by atoms with van der Waals surface area (Å²) >= 11 is 1.35. The van der Waals surface area contributed by atoms with E-state index in [0.29, 0.717) is 35.7 Å². The van der Waals surface area contributed by atoms with Crippen molar-refractivity contribution in [1.29, 1.82) is 0 Å². The summed E-state index contributed by atoms with van der Waals surface area (Å²) in [5.41, 5.74) is 1.75. The van der Waals surface area contributed by atoms with E-state index in [4.69, 9.17) is 4.74 Å². The molecule has 6 nitrogen and oxygen atoms in total. The molecular formula is C17H17FN4O2S. The van der Waals surface area contributed by atoms with Crippen molar-refractivity contribution in [3.05, 3.63) is 51.8 Å². The molecule has 0 bridgehead atoms. The van der Waals surface area contributed by atoms with Gasteiger partial charge in [-0.1, -0.05) is 23.5 Å². The lowest BCUT2D eigenvalue weighted by molar-refractivity contribution is 0.122. The lowest BCUT2D eigenvalue weighted by atomic mass is 10.1. The van der Waals surface area contributed by atoms with E-state index in [0.717, 1.165) is 23.8 Å². The third-order valence-electron chi connectivity index (χ3n) is 4.38. The second-order valence-corrected chi connectivity index (χ2v) is 6.93. The first-order valence-electron chi connectivity index (χ1n) is 8.06. The van der Waals surface area contributed by atoms with Gasteiger partial charge in [0.25, 0.3) is 5.56 Å². The van der Waals surface area contributed by atoms with Crippen LogP contribution in [0.3, 0.4) is 0 Å². The first-order valence-corrected chi connectivity index (χ1v) is 8.88. The Hall–Kier alpha value is -2.32. The second kappa shape index (κ2) is 6.53. The Labute approximate surface area is 147 Å². The van der Waals surface area contributed by atoms with Gasteiger partial charge in [0.2, 0.25) is 0 Å². The number of ether oxygens (including phenoxy) is 1. The van der Waals surface area contributed by atoms with Gasteiger partial charge in [0.05, 0.1) is 19.8 Å². The van der Waals surface area contributed by atoms with Crippen LogP contribution < -0.4 is 10.5 Å². The van der Waals surface area contributed by atoms with Gasteiger partial charge in [-0.15, -0.1) is 0 Å². The number of nitrogens with zero attached hydrogens (tertiary/aromatic N) is 4. The van der Waals surface area contributed by atoms with E-state index >= 15 is 0 Å². The van der Waals surface area contributed by atoms with Crippen LogP contribution in [0.1, 0.15) is 11.1 Å². The molecule has 1 fully saturated rings. The summed E-state index contributed by atoms with van der Waals surface area (Å²) in [6, 6.07) is 5.00. The number of halogens is 1. The molecule has 1 aromatic carbocycles. The number of anilines is 1. The van der Waals surface area contributed by atoms with Gasteiger partial charge in [-0.25, -0.2) is 9.37 Å². The Morgan fingerprint density at radius 3 is 2.92 bits per heavy atom. The molecule has 1 aliphatic rings. The van der Waals surface area contributed by atoms with E-state index in [2.05, 4.69) is 14.9 Å². The fourth-order valence-electron chi connectivity index (χ4n) is 2.88. The minimum atomic E-state index is -0.278. The maximum absolute atomic E-state index is 13.8. The van der Waals surface area contributed by atoms with Gasteiger partial charge >= 0.3 is 0 Å². The maximum Gasteiger partial charge on any atom is 0.292 e. The molecule has 1 aliphatic heterocycles. The van der Waals surface area contributed by atoms with Crippen molar-refractivity contribution in [2.75, 3.05) is 31.2 Å². The van der Waals surface area contributed by atoms with Crippen molar-refractivity contribution >= 4 is 26.8 Å². The Morgan fingerprint density at radius 1 is 1.32 bits per heavy atom. The molecule has 0 aliphatic carbocycles. The molecule has 1 saturated heterocycles. The monoisotopic (exact) mass is 360 g/mol. The van der Waals surface area contributed by atoms with E-state index in [1.807, 2.05) is 6.07 Å². The van der Waals surface area contributed by atoms with Crippen LogP contribution in [-0.2, 0) is 11.3 Å². The lowest BCUT2D eigenvalue weighted by Gasteiger charge is -2.25. The molecule has 2 aromatic heterocycles. The molecule has 3 heterocycles. The Morgan fingerprint density at radius 2 is 2.12 bits per heavy atom. The Bertz CT molecular complexity index is 978. The highest BCUT2D eigenvalue weighted by molar-refractivity contribution is 7.22. The van der Waals surface area contributed by atoms with E-state index in [9.17, 15) is 9.18 Å². The number of hydrogen-bond acceptors (Lipinski definition) is 6. The van der Waals surface area contributed by atoms with Crippen LogP contribution in [0.2, 0.25) is 0 Å². The van der Waals surface area contributed by atoms with E-state index in [-0.39, 0.29) is 11.4 Å². The van der Waals surface area contributed by atoms with Crippen LogP contribution in [0.5, 0.6) is 0 Å². The van der Waals surface area contributed by atoms with E-state index < -0.39 is 0 Å². The van der Waals surface area contributed by atoms with Gasteiger partial charge in [0, 0.05) is 13.1 Å². The van der Waals surface area contributed by atoms with Crippen LogP contribution in [0, 0.1) is 12.7 Å². The minimum Gasteiger partial charge on any atom is -0.378 e. The van der Waals surface area contributed by atoms with Crippen LogP contribution in [0.4, 0.5) is 9.52 Å². The average molecular weight is 360 g/mol. The van der Waals surface area contributed by atoms with Crippen LogP contribution in [0.25, 0.3) is 10.3 Å². The fraction of sp³-hybridized carbons (Fsp3) is 0.353. The van der Waals surface area contributed by atoms with Gasteiger partial charge in [-0.2, -0.15) is 4.98 Å². The molecule has 0 atom stereocenters. The van der Waals surface area contributed by atoms with Crippen molar-refractivity contribution in [1.82, 2.24) is 14.5 Å². The molecule has 8 heteroatoms. The summed E-state index contributed by atoms with van der Waals surface area (Å²) in [5.74, 6) is -0.241. The van der Waals surface area contributed by atoms with Crippen molar-refractivity contribution in [2.45, 2.75) is 13.5 Å². The largest absolute Gasteiger partial charge is 0.378 e. The third-order valence-corrected chi connectivity index (χ3v) is 5.47. The number of aromatic nitrogens is 3. The summed E-state index contributed by atoms with van der Waals surface area (Å²) in [6.07, 6.45) is 1.48. The number of rotatable bonds is 3. The van der Waals surface area contributed by atoms with Crippen molar-refractivity contribution in [3.8, 4) is 0 Å². The highest BCUT2D eigenvalue weighted by Crippen LogP contribution is 2.27. The molecule has 3 aromatic rings. The number of thiazole rings is 1. The quantitative estimate of drug-likeness (QED) is 0.717. The minimum absolute atomic E-state index is 0.241. The molecule has 0 unspecified atom stereocenters. The third kappa shape index (κ3) is 3.03. The summed E-state index contributed by atoms with van der Waals surface area (Å²) in [7, 11) is 0. The number of morpholine rings is 1. The summed E-state index contributed by atoms with van der Waals surface area (Å²) in [6.45, 7) is 4.98. The molecular weight excluding hydrogens is 343 g/mol. The highest BCUT2D eigenvalue weighted by atomic mass is 32.1.